The molecule has 1 aromatic heterocycles. The van der Waals surface area contributed by atoms with Crippen molar-refractivity contribution in [2.24, 2.45) is 0 Å². The van der Waals surface area contributed by atoms with E-state index in [1.54, 1.807) is 11.3 Å². The summed E-state index contributed by atoms with van der Waals surface area (Å²) in [6.07, 6.45) is 2.98. The van der Waals surface area contributed by atoms with Gasteiger partial charge in [0.2, 0.25) is 5.91 Å². The molecule has 3 rings (SSSR count). The quantitative estimate of drug-likeness (QED) is 0.921. The molecule has 0 bridgehead atoms. The van der Waals surface area contributed by atoms with Gasteiger partial charge < -0.3 is 10.0 Å². The van der Waals surface area contributed by atoms with Gasteiger partial charge in [0.25, 0.3) is 0 Å². The number of hydrogen-bond donors (Lipinski definition) is 1. The van der Waals surface area contributed by atoms with E-state index >= 15 is 0 Å². The van der Waals surface area contributed by atoms with E-state index in [0.29, 0.717) is 6.42 Å². The molecule has 0 spiro atoms. The Kier molecular flexibility index (Phi) is 4.60. The highest BCUT2D eigenvalue weighted by Gasteiger charge is 2.42. The van der Waals surface area contributed by atoms with Crippen molar-refractivity contribution in [3.05, 3.63) is 58.3 Å². The van der Waals surface area contributed by atoms with E-state index in [1.165, 1.54) is 5.56 Å². The minimum absolute atomic E-state index is 0.0251. The number of benzene rings is 1. The van der Waals surface area contributed by atoms with Crippen LogP contribution in [0.25, 0.3) is 0 Å². The van der Waals surface area contributed by atoms with Crippen LogP contribution in [0.3, 0.4) is 0 Å². The van der Waals surface area contributed by atoms with E-state index in [1.807, 2.05) is 39.9 Å². The van der Waals surface area contributed by atoms with E-state index in [4.69, 9.17) is 0 Å². The van der Waals surface area contributed by atoms with Crippen molar-refractivity contribution in [2.75, 3.05) is 13.2 Å². The molecule has 1 fully saturated rings. The molecule has 2 aromatic rings. The number of thiophene rings is 1. The third kappa shape index (κ3) is 3.08. The van der Waals surface area contributed by atoms with Crippen molar-refractivity contribution in [3.8, 4) is 0 Å². The number of likely N-dealkylation sites (tertiary alicyclic amines) is 1. The van der Waals surface area contributed by atoms with Gasteiger partial charge >= 0.3 is 0 Å². The fourth-order valence-corrected chi connectivity index (χ4v) is 4.04. The second-order valence-corrected chi connectivity index (χ2v) is 6.78. The average molecular weight is 315 g/mol. The third-order valence-electron chi connectivity index (χ3n) is 4.50. The average Bonchev–Trinajstić information content (AvgIpc) is 3.18. The Hall–Kier alpha value is -1.65. The summed E-state index contributed by atoms with van der Waals surface area (Å²) < 4.78 is 0. The number of aliphatic hydroxyl groups excluding tert-OH is 1. The molecule has 0 saturated carbocycles. The predicted octanol–water partition coefficient (Wildman–Crippen LogP) is 2.89. The zero-order chi connectivity index (χ0) is 15.4. The van der Waals surface area contributed by atoms with Crippen LogP contribution in [-0.2, 0) is 17.6 Å². The number of rotatable bonds is 5. The van der Waals surface area contributed by atoms with Gasteiger partial charge in [-0.1, -0.05) is 30.3 Å². The van der Waals surface area contributed by atoms with Crippen LogP contribution < -0.4 is 0 Å². The monoisotopic (exact) mass is 315 g/mol. The molecule has 4 heteroatoms. The Morgan fingerprint density at radius 3 is 2.73 bits per heavy atom. The van der Waals surface area contributed by atoms with Crippen LogP contribution in [0.5, 0.6) is 0 Å². The summed E-state index contributed by atoms with van der Waals surface area (Å²) in [5.41, 5.74) is 1.80. The molecule has 2 heterocycles. The maximum atomic E-state index is 12.7. The fraction of sp³-hybridized carbons (Fsp3) is 0.389. The van der Waals surface area contributed by atoms with Crippen molar-refractivity contribution in [1.82, 2.24) is 4.90 Å². The van der Waals surface area contributed by atoms with Gasteiger partial charge in [-0.3, -0.25) is 4.79 Å². The Balaban J connectivity index is 1.78. The van der Waals surface area contributed by atoms with E-state index in [-0.39, 0.29) is 12.5 Å². The van der Waals surface area contributed by atoms with Crippen LogP contribution in [0, 0.1) is 0 Å². The maximum absolute atomic E-state index is 12.7. The Bertz CT molecular complexity index is 611. The molecule has 1 aliphatic heterocycles. The highest BCUT2D eigenvalue weighted by atomic mass is 32.1. The number of nitrogens with zero attached hydrogens (tertiary/aromatic N) is 1. The zero-order valence-corrected chi connectivity index (χ0v) is 13.4. The second kappa shape index (κ2) is 6.63. The van der Waals surface area contributed by atoms with Gasteiger partial charge in [0.15, 0.2) is 0 Å². The van der Waals surface area contributed by atoms with Crippen LogP contribution in [-0.4, -0.2) is 34.6 Å². The summed E-state index contributed by atoms with van der Waals surface area (Å²) in [4.78, 5) is 14.6. The molecule has 1 aromatic carbocycles. The zero-order valence-electron chi connectivity index (χ0n) is 12.6. The summed E-state index contributed by atoms with van der Waals surface area (Å²) in [7, 11) is 0. The van der Waals surface area contributed by atoms with Crippen molar-refractivity contribution in [1.29, 1.82) is 0 Å². The van der Waals surface area contributed by atoms with Crippen molar-refractivity contribution in [2.45, 2.75) is 31.2 Å². The van der Waals surface area contributed by atoms with Gasteiger partial charge in [-0.25, -0.2) is 0 Å². The number of hydrogen-bond acceptors (Lipinski definition) is 3. The topological polar surface area (TPSA) is 40.5 Å². The summed E-state index contributed by atoms with van der Waals surface area (Å²) in [5.74, 6) is 0.126. The highest BCUT2D eigenvalue weighted by Crippen LogP contribution is 2.33. The lowest BCUT2D eigenvalue weighted by atomic mass is 9.88. The van der Waals surface area contributed by atoms with Crippen molar-refractivity contribution < 1.29 is 9.90 Å². The van der Waals surface area contributed by atoms with Crippen molar-refractivity contribution >= 4 is 17.2 Å². The lowest BCUT2D eigenvalue weighted by Gasteiger charge is -2.37. The minimum Gasteiger partial charge on any atom is -0.394 e. The van der Waals surface area contributed by atoms with Gasteiger partial charge in [0, 0.05) is 6.54 Å². The third-order valence-corrected chi connectivity index (χ3v) is 5.24. The Morgan fingerprint density at radius 1 is 1.23 bits per heavy atom. The van der Waals surface area contributed by atoms with Gasteiger partial charge in [-0.05, 0) is 47.2 Å². The largest absolute Gasteiger partial charge is 0.394 e. The number of amides is 1. The van der Waals surface area contributed by atoms with Crippen molar-refractivity contribution in [3.63, 3.8) is 0 Å². The van der Waals surface area contributed by atoms with Crippen LogP contribution in [0.2, 0.25) is 0 Å². The lowest BCUT2D eigenvalue weighted by Crippen LogP contribution is -2.52. The standard InChI is InChI=1S/C18H21NO2S/c20-14-18(12-15-5-2-1-3-6-15)8-4-9-19(18)17(21)11-16-7-10-22-13-16/h1-3,5-7,10,13,20H,4,8-9,11-12,14H2/t18-/m0/s1. The van der Waals surface area contributed by atoms with Crippen LogP contribution in [0.4, 0.5) is 0 Å². The number of carbonyl (C=O) groups is 1. The summed E-state index contributed by atoms with van der Waals surface area (Å²) in [6.45, 7) is 0.771. The smallest absolute Gasteiger partial charge is 0.227 e. The molecule has 1 aliphatic rings. The molecule has 0 aliphatic carbocycles. The van der Waals surface area contributed by atoms with E-state index < -0.39 is 5.54 Å². The van der Waals surface area contributed by atoms with Gasteiger partial charge in [-0.15, -0.1) is 0 Å². The number of aliphatic hydroxyl groups is 1. The normalized spacial score (nSPS) is 21.2. The molecule has 0 unspecified atom stereocenters. The molecule has 1 amide bonds. The fourth-order valence-electron chi connectivity index (χ4n) is 3.37. The first-order valence-corrected chi connectivity index (χ1v) is 8.64. The molecule has 1 saturated heterocycles. The van der Waals surface area contributed by atoms with Gasteiger partial charge in [0.05, 0.1) is 18.6 Å². The summed E-state index contributed by atoms with van der Waals surface area (Å²) in [6, 6.07) is 12.1. The first-order valence-electron chi connectivity index (χ1n) is 7.70. The summed E-state index contributed by atoms with van der Waals surface area (Å²) in [5, 5.41) is 14.0. The van der Waals surface area contributed by atoms with Gasteiger partial charge in [-0.2, -0.15) is 11.3 Å². The molecular formula is C18H21NO2S. The van der Waals surface area contributed by atoms with E-state index in [9.17, 15) is 9.90 Å². The molecule has 3 nitrogen and oxygen atoms in total. The second-order valence-electron chi connectivity index (χ2n) is 6.00. The van der Waals surface area contributed by atoms with E-state index in [2.05, 4.69) is 12.1 Å². The summed E-state index contributed by atoms with van der Waals surface area (Å²) >= 11 is 1.61. The Labute approximate surface area is 135 Å². The molecule has 116 valence electrons. The molecule has 0 radical (unpaired) electrons. The predicted molar refractivity (Wildman–Crippen MR) is 88.9 cm³/mol. The SMILES string of the molecule is O=C(Cc1ccsc1)N1CCC[C@@]1(CO)Cc1ccccc1. The van der Waals surface area contributed by atoms with Crippen LogP contribution in [0.1, 0.15) is 24.0 Å². The first-order chi connectivity index (χ1) is 10.7. The maximum Gasteiger partial charge on any atom is 0.227 e. The van der Waals surface area contributed by atoms with Crippen LogP contribution >= 0.6 is 11.3 Å². The molecule has 22 heavy (non-hydrogen) atoms. The lowest BCUT2D eigenvalue weighted by molar-refractivity contribution is -0.136. The first kappa shape index (κ1) is 15.3. The molecule has 1 atom stereocenters. The number of carbonyl (C=O) groups excluding carboxylic acids is 1. The molecule has 1 N–H and O–H groups in total. The molecular weight excluding hydrogens is 294 g/mol. The van der Waals surface area contributed by atoms with E-state index in [0.717, 1.165) is 31.4 Å². The highest BCUT2D eigenvalue weighted by molar-refractivity contribution is 7.07. The Morgan fingerprint density at radius 2 is 2.05 bits per heavy atom. The van der Waals surface area contributed by atoms with Gasteiger partial charge in [0.1, 0.15) is 0 Å². The minimum atomic E-state index is -0.436. The van der Waals surface area contributed by atoms with Crippen LogP contribution in [0.15, 0.2) is 47.2 Å².